The van der Waals surface area contributed by atoms with Gasteiger partial charge in [0.1, 0.15) is 5.75 Å². The predicted octanol–water partition coefficient (Wildman–Crippen LogP) is 9.64. The Morgan fingerprint density at radius 1 is 0.878 bits per heavy atom. The monoisotopic (exact) mass is 577 g/mol. The molecule has 0 spiro atoms. The smallest absolute Gasteiger partial charge is 0.228 e. The molecule has 0 saturated carbocycles. The Bertz CT molecular complexity index is 1150. The fourth-order valence-electron chi connectivity index (χ4n) is 5.23. The van der Waals surface area contributed by atoms with Gasteiger partial charge in [0, 0.05) is 5.56 Å². The van der Waals surface area contributed by atoms with Gasteiger partial charge in [-0.25, -0.2) is 0 Å². The third kappa shape index (κ3) is 12.4. The number of thiazole rings is 1. The summed E-state index contributed by atoms with van der Waals surface area (Å²) in [6.45, 7) is 10.4. The van der Waals surface area contributed by atoms with Gasteiger partial charge in [-0.2, -0.15) is 4.57 Å². The van der Waals surface area contributed by atoms with Gasteiger partial charge in [-0.3, -0.25) is 4.79 Å². The van der Waals surface area contributed by atoms with Gasteiger partial charge in [0.25, 0.3) is 0 Å². The first-order valence-corrected chi connectivity index (χ1v) is 16.9. The summed E-state index contributed by atoms with van der Waals surface area (Å²) in [5, 5.41) is 5.20. The van der Waals surface area contributed by atoms with Gasteiger partial charge in [0.05, 0.1) is 24.1 Å². The minimum absolute atomic E-state index is 0.00205. The predicted molar refractivity (Wildman–Crippen MR) is 174 cm³/mol. The molecule has 0 aliphatic heterocycles. The summed E-state index contributed by atoms with van der Waals surface area (Å²) in [6.07, 6.45) is 18.5. The quantitative estimate of drug-likeness (QED) is 0.114. The zero-order chi connectivity index (χ0) is 29.3. The van der Waals surface area contributed by atoms with Gasteiger partial charge >= 0.3 is 0 Å². The normalized spacial score (nSPS) is 11.5. The number of carbonyl (C=O) groups excluding carboxylic acids is 1. The molecular formula is C36H53N2O2S+. The summed E-state index contributed by atoms with van der Waals surface area (Å²) in [7, 11) is 0. The number of ether oxygens (including phenoxy) is 1. The molecule has 3 rings (SSSR count). The number of nitrogens with zero attached hydrogens (tertiary/aromatic N) is 1. The molecule has 1 aromatic heterocycles. The molecular weight excluding hydrogens is 524 g/mol. The zero-order valence-corrected chi connectivity index (χ0v) is 26.9. The second-order valence-electron chi connectivity index (χ2n) is 12.4. The number of nitrogens with one attached hydrogen (secondary N) is 1. The second-order valence-corrected chi connectivity index (χ2v) is 13.2. The largest absolute Gasteiger partial charge is 0.493 e. The summed E-state index contributed by atoms with van der Waals surface area (Å²) < 4.78 is 8.40. The van der Waals surface area contributed by atoms with Crippen LogP contribution in [0.2, 0.25) is 0 Å². The molecule has 1 N–H and O–H groups in total. The van der Waals surface area contributed by atoms with Crippen molar-refractivity contribution >= 4 is 22.9 Å². The van der Waals surface area contributed by atoms with E-state index in [1.54, 1.807) is 11.3 Å². The number of benzene rings is 2. The Labute approximate surface area is 253 Å². The first-order chi connectivity index (χ1) is 19.9. The van der Waals surface area contributed by atoms with Crippen LogP contribution in [0.1, 0.15) is 121 Å². The van der Waals surface area contributed by atoms with Crippen molar-refractivity contribution in [2.75, 3.05) is 11.9 Å². The van der Waals surface area contributed by atoms with E-state index in [0.717, 1.165) is 47.7 Å². The zero-order valence-electron chi connectivity index (χ0n) is 26.1. The number of hydrogen-bond donors (Lipinski definition) is 1. The highest BCUT2D eigenvalue weighted by atomic mass is 32.1. The van der Waals surface area contributed by atoms with Crippen molar-refractivity contribution in [1.29, 1.82) is 0 Å². The minimum atomic E-state index is -0.0667. The molecule has 0 fully saturated rings. The standard InChI is InChI=1S/C36H52N2O2S/c1-5-6-7-8-9-10-11-12-13-14-15-18-24-40-34-22-21-30(26-32(34)36(2,3)4)27-35(39)37-33-20-17-16-19-31(33)28-38-23-25-41-29-38/h16-17,19-23,25-26,29H,5-15,18,24,27-28H2,1-4H3/p+1. The van der Waals surface area contributed by atoms with E-state index >= 15 is 0 Å². The van der Waals surface area contributed by atoms with Crippen molar-refractivity contribution in [3.63, 3.8) is 0 Å². The van der Waals surface area contributed by atoms with E-state index in [0.29, 0.717) is 6.42 Å². The number of amides is 1. The number of hydrogen-bond acceptors (Lipinski definition) is 3. The van der Waals surface area contributed by atoms with Gasteiger partial charge in [-0.1, -0.05) is 140 Å². The fourth-order valence-corrected chi connectivity index (χ4v) is 5.83. The summed E-state index contributed by atoms with van der Waals surface area (Å²) in [5.41, 5.74) is 6.15. The molecule has 0 aliphatic rings. The van der Waals surface area contributed by atoms with Crippen molar-refractivity contribution in [2.24, 2.45) is 0 Å². The van der Waals surface area contributed by atoms with Gasteiger partial charge in [0.15, 0.2) is 12.7 Å². The molecule has 0 radical (unpaired) electrons. The summed E-state index contributed by atoms with van der Waals surface area (Å²) in [4.78, 5) is 13.0. The maximum atomic E-state index is 13.0. The highest BCUT2D eigenvalue weighted by Gasteiger charge is 2.20. The number of rotatable bonds is 19. The number of anilines is 1. The molecule has 4 nitrogen and oxygen atoms in total. The molecule has 2 aromatic carbocycles. The van der Waals surface area contributed by atoms with Crippen LogP contribution in [-0.2, 0) is 23.2 Å². The number of unbranched alkanes of at least 4 members (excludes halogenated alkanes) is 11. The van der Waals surface area contributed by atoms with Crippen LogP contribution in [0.4, 0.5) is 5.69 Å². The lowest BCUT2D eigenvalue weighted by atomic mass is 9.85. The molecule has 1 amide bonds. The van der Waals surface area contributed by atoms with Crippen LogP contribution in [-0.4, -0.2) is 12.5 Å². The first-order valence-electron chi connectivity index (χ1n) is 15.9. The third-order valence-corrected chi connectivity index (χ3v) is 8.32. The van der Waals surface area contributed by atoms with Crippen LogP contribution in [0.5, 0.6) is 5.75 Å². The molecule has 224 valence electrons. The number of carbonyl (C=O) groups is 1. The Balaban J connectivity index is 1.43. The van der Waals surface area contributed by atoms with Crippen LogP contribution in [0.25, 0.3) is 0 Å². The van der Waals surface area contributed by atoms with Crippen molar-refractivity contribution in [3.8, 4) is 5.75 Å². The SMILES string of the molecule is CCCCCCCCCCCCCCOc1ccc(CC(=O)Nc2ccccc2C[n+]2ccsc2)cc1C(C)(C)C. The van der Waals surface area contributed by atoms with E-state index in [4.69, 9.17) is 4.74 Å². The van der Waals surface area contributed by atoms with Crippen molar-refractivity contribution in [2.45, 2.75) is 123 Å². The van der Waals surface area contributed by atoms with Gasteiger partial charge in [0.2, 0.25) is 11.4 Å². The molecule has 41 heavy (non-hydrogen) atoms. The van der Waals surface area contributed by atoms with Crippen LogP contribution < -0.4 is 14.6 Å². The number of aromatic nitrogens is 1. The fraction of sp³-hybridized carbons (Fsp3) is 0.556. The molecule has 0 aliphatic carbocycles. The van der Waals surface area contributed by atoms with Crippen molar-refractivity contribution in [1.82, 2.24) is 0 Å². The van der Waals surface area contributed by atoms with Crippen LogP contribution in [0, 0.1) is 0 Å². The van der Waals surface area contributed by atoms with Crippen LogP contribution >= 0.6 is 11.3 Å². The van der Waals surface area contributed by atoms with E-state index in [1.165, 1.54) is 70.6 Å². The average Bonchev–Trinajstić information content (AvgIpc) is 3.45. The second kappa shape index (κ2) is 18.0. The topological polar surface area (TPSA) is 42.2 Å². The lowest BCUT2D eigenvalue weighted by Crippen LogP contribution is -2.31. The summed E-state index contributed by atoms with van der Waals surface area (Å²) in [5.74, 6) is 0.945. The lowest BCUT2D eigenvalue weighted by Gasteiger charge is -2.24. The molecule has 0 bridgehead atoms. The maximum Gasteiger partial charge on any atom is 0.228 e. The summed E-state index contributed by atoms with van der Waals surface area (Å²) in [6, 6.07) is 14.3. The first kappa shape index (κ1) is 32.8. The van der Waals surface area contributed by atoms with Gasteiger partial charge in [-0.15, -0.1) is 0 Å². The van der Waals surface area contributed by atoms with Crippen molar-refractivity contribution < 1.29 is 14.1 Å². The van der Waals surface area contributed by atoms with Gasteiger partial charge in [-0.05, 0) is 35.1 Å². The maximum absolute atomic E-state index is 13.0. The Kier molecular flexibility index (Phi) is 14.4. The van der Waals surface area contributed by atoms with E-state index in [-0.39, 0.29) is 11.3 Å². The lowest BCUT2D eigenvalue weighted by molar-refractivity contribution is -0.683. The van der Waals surface area contributed by atoms with Gasteiger partial charge < -0.3 is 10.1 Å². The Morgan fingerprint density at radius 3 is 2.17 bits per heavy atom. The van der Waals surface area contributed by atoms with E-state index in [2.05, 4.69) is 72.9 Å². The average molecular weight is 578 g/mol. The van der Waals surface area contributed by atoms with E-state index in [9.17, 15) is 4.79 Å². The molecule has 3 aromatic rings. The highest BCUT2D eigenvalue weighted by molar-refractivity contribution is 7.07. The summed E-state index contributed by atoms with van der Waals surface area (Å²) >= 11 is 1.66. The molecule has 0 saturated heterocycles. The minimum Gasteiger partial charge on any atom is -0.493 e. The molecule has 1 heterocycles. The third-order valence-electron chi connectivity index (χ3n) is 7.64. The Hall–Kier alpha value is -2.66. The van der Waals surface area contributed by atoms with E-state index in [1.807, 2.05) is 24.3 Å². The molecule has 5 heteroatoms. The Morgan fingerprint density at radius 2 is 1.54 bits per heavy atom. The van der Waals surface area contributed by atoms with Crippen molar-refractivity contribution in [3.05, 3.63) is 76.2 Å². The molecule has 0 unspecified atom stereocenters. The van der Waals surface area contributed by atoms with Crippen LogP contribution in [0.15, 0.2) is 59.6 Å². The van der Waals surface area contributed by atoms with Crippen LogP contribution in [0.3, 0.4) is 0 Å². The number of para-hydroxylation sites is 1. The van der Waals surface area contributed by atoms with E-state index < -0.39 is 0 Å². The highest BCUT2D eigenvalue weighted by Crippen LogP contribution is 2.33. The molecule has 0 atom stereocenters.